The van der Waals surface area contributed by atoms with Gasteiger partial charge in [-0.1, -0.05) is 0 Å². The summed E-state index contributed by atoms with van der Waals surface area (Å²) < 4.78 is 16.8. The normalized spacial score (nSPS) is 17.8. The number of ether oxygens (including phenoxy) is 3. The average molecular weight is 426 g/mol. The summed E-state index contributed by atoms with van der Waals surface area (Å²) in [5.41, 5.74) is 6.17. The Hall–Kier alpha value is -3.36. The second-order valence-corrected chi connectivity index (χ2v) is 7.59. The molecule has 1 aromatic heterocycles. The number of hydrogen-bond donors (Lipinski definition) is 1. The van der Waals surface area contributed by atoms with Gasteiger partial charge in [-0.3, -0.25) is 9.59 Å². The fourth-order valence-electron chi connectivity index (χ4n) is 3.90. The predicted molar refractivity (Wildman–Crippen MR) is 111 cm³/mol. The first kappa shape index (κ1) is 20.9. The number of rotatable bonds is 6. The Kier molecular flexibility index (Phi) is 6.20. The molecule has 2 amide bonds. The number of carbonyl (C=O) groups excluding carboxylic acids is 2. The van der Waals surface area contributed by atoms with Crippen LogP contribution in [0.3, 0.4) is 0 Å². The lowest BCUT2D eigenvalue weighted by molar-refractivity contribution is -0.135. The molecular formula is C22H26N4O5. The lowest BCUT2D eigenvalue weighted by atomic mass is 10.0. The van der Waals surface area contributed by atoms with Gasteiger partial charge in [0.25, 0.3) is 5.91 Å². The number of nitrogens with two attached hydrogens (primary N) is 1. The van der Waals surface area contributed by atoms with Crippen molar-refractivity contribution in [2.45, 2.75) is 38.6 Å². The number of nitrogens with zero attached hydrogens (tertiary/aromatic N) is 3. The Morgan fingerprint density at radius 3 is 2.81 bits per heavy atom. The van der Waals surface area contributed by atoms with Gasteiger partial charge in [0.05, 0.1) is 30.3 Å². The first-order valence-electron chi connectivity index (χ1n) is 10.5. The number of primary amides is 1. The number of aromatic nitrogens is 2. The zero-order valence-electron chi connectivity index (χ0n) is 17.5. The van der Waals surface area contributed by atoms with E-state index in [1.54, 1.807) is 19.1 Å². The Bertz CT molecular complexity index is 980. The van der Waals surface area contributed by atoms with Crippen LogP contribution in [0.4, 0.5) is 0 Å². The number of hydrogen-bond acceptors (Lipinski definition) is 7. The van der Waals surface area contributed by atoms with E-state index in [1.807, 2.05) is 11.0 Å². The molecule has 2 N–H and O–H groups in total. The summed E-state index contributed by atoms with van der Waals surface area (Å²) in [7, 11) is 0. The molecule has 2 aromatic rings. The Morgan fingerprint density at radius 2 is 2.03 bits per heavy atom. The lowest BCUT2D eigenvalue weighted by Crippen LogP contribution is -2.40. The maximum Gasteiger partial charge on any atom is 0.252 e. The van der Waals surface area contributed by atoms with Crippen molar-refractivity contribution in [3.63, 3.8) is 0 Å². The quantitative estimate of drug-likeness (QED) is 0.752. The minimum absolute atomic E-state index is 0.0116. The highest BCUT2D eigenvalue weighted by molar-refractivity contribution is 5.93. The van der Waals surface area contributed by atoms with Crippen molar-refractivity contribution >= 4 is 11.8 Å². The molecule has 164 valence electrons. The van der Waals surface area contributed by atoms with E-state index in [2.05, 4.69) is 9.97 Å². The number of aryl methyl sites for hydroxylation is 1. The van der Waals surface area contributed by atoms with Crippen molar-refractivity contribution in [2.24, 2.45) is 5.73 Å². The van der Waals surface area contributed by atoms with Crippen molar-refractivity contribution in [1.82, 2.24) is 14.9 Å². The van der Waals surface area contributed by atoms with E-state index in [-0.39, 0.29) is 25.0 Å². The Balaban J connectivity index is 1.38. The van der Waals surface area contributed by atoms with Crippen LogP contribution < -0.4 is 19.9 Å². The predicted octanol–water partition coefficient (Wildman–Crippen LogP) is 2.18. The molecule has 0 spiro atoms. The number of fused-ring (bicyclic) bond motifs is 1. The highest BCUT2D eigenvalue weighted by atomic mass is 16.6. The van der Waals surface area contributed by atoms with Gasteiger partial charge in [-0.25, -0.2) is 9.97 Å². The lowest BCUT2D eigenvalue weighted by Gasteiger charge is -2.35. The van der Waals surface area contributed by atoms with Gasteiger partial charge < -0.3 is 24.8 Å². The average Bonchev–Trinajstić information content (AvgIpc) is 2.78. The number of carbonyl (C=O) groups is 2. The summed E-state index contributed by atoms with van der Waals surface area (Å²) in [6, 6.07) is 5.18. The van der Waals surface area contributed by atoms with Crippen LogP contribution in [0, 0.1) is 6.92 Å². The fraction of sp³-hybridized carbons (Fsp3) is 0.455. The molecule has 2 aliphatic heterocycles. The van der Waals surface area contributed by atoms with Gasteiger partial charge in [0, 0.05) is 18.8 Å². The van der Waals surface area contributed by atoms with Crippen LogP contribution in [0.1, 0.15) is 53.6 Å². The Morgan fingerprint density at radius 1 is 1.23 bits per heavy atom. The second kappa shape index (κ2) is 9.20. The van der Waals surface area contributed by atoms with E-state index in [1.165, 1.54) is 6.20 Å². The summed E-state index contributed by atoms with van der Waals surface area (Å²) in [6.45, 7) is 3.66. The van der Waals surface area contributed by atoms with E-state index in [0.29, 0.717) is 54.1 Å². The molecule has 0 unspecified atom stereocenters. The number of likely N-dealkylation sites (tertiary alicyclic amines) is 1. The van der Waals surface area contributed by atoms with Crippen molar-refractivity contribution in [1.29, 1.82) is 0 Å². The van der Waals surface area contributed by atoms with E-state index in [0.717, 1.165) is 19.3 Å². The van der Waals surface area contributed by atoms with E-state index in [4.69, 9.17) is 19.9 Å². The number of benzene rings is 1. The summed E-state index contributed by atoms with van der Waals surface area (Å²) in [5, 5.41) is 0. The molecule has 0 radical (unpaired) electrons. The third-order valence-corrected chi connectivity index (χ3v) is 5.48. The summed E-state index contributed by atoms with van der Waals surface area (Å²) >= 11 is 0. The maximum absolute atomic E-state index is 12.9. The van der Waals surface area contributed by atoms with Gasteiger partial charge >= 0.3 is 0 Å². The van der Waals surface area contributed by atoms with Gasteiger partial charge in [0.2, 0.25) is 5.91 Å². The van der Waals surface area contributed by atoms with Gasteiger partial charge in [0.15, 0.2) is 17.3 Å². The van der Waals surface area contributed by atoms with Crippen molar-refractivity contribution in [2.75, 3.05) is 26.4 Å². The standard InChI is InChI=1S/C22H26N4O5/c1-14-16(21(23)28)13-24-22(25-14)17-4-2-3-8-26(17)20(27)7-9-29-15-5-6-18-19(12-15)31-11-10-30-18/h5-6,12-13,17H,2-4,7-11H2,1H3,(H2,23,28)/t17-/m1/s1. The molecule has 0 saturated carbocycles. The van der Waals surface area contributed by atoms with Crippen LogP contribution in [0.15, 0.2) is 24.4 Å². The van der Waals surface area contributed by atoms with E-state index in [9.17, 15) is 9.59 Å². The smallest absolute Gasteiger partial charge is 0.252 e. The van der Waals surface area contributed by atoms with Crippen LogP contribution in [-0.4, -0.2) is 53.0 Å². The van der Waals surface area contributed by atoms with Crippen LogP contribution >= 0.6 is 0 Å². The summed E-state index contributed by atoms with van der Waals surface area (Å²) in [6.07, 6.45) is 4.39. The summed E-state index contributed by atoms with van der Waals surface area (Å²) in [5.74, 6) is 1.96. The fourth-order valence-corrected chi connectivity index (χ4v) is 3.90. The molecule has 31 heavy (non-hydrogen) atoms. The molecule has 0 bridgehead atoms. The maximum atomic E-state index is 12.9. The van der Waals surface area contributed by atoms with Gasteiger partial charge in [-0.15, -0.1) is 0 Å². The molecule has 9 heteroatoms. The first-order chi connectivity index (χ1) is 15.0. The van der Waals surface area contributed by atoms with Crippen LogP contribution in [0.25, 0.3) is 0 Å². The van der Waals surface area contributed by atoms with Gasteiger partial charge in [0.1, 0.15) is 19.0 Å². The molecule has 9 nitrogen and oxygen atoms in total. The molecule has 1 atom stereocenters. The number of amides is 2. The summed E-state index contributed by atoms with van der Waals surface area (Å²) in [4.78, 5) is 35.0. The molecule has 3 heterocycles. The molecule has 1 fully saturated rings. The molecule has 1 aromatic carbocycles. The third kappa shape index (κ3) is 4.70. The van der Waals surface area contributed by atoms with Crippen molar-refractivity contribution < 1.29 is 23.8 Å². The second-order valence-electron chi connectivity index (χ2n) is 7.59. The Labute approximate surface area is 180 Å². The monoisotopic (exact) mass is 426 g/mol. The number of piperidine rings is 1. The van der Waals surface area contributed by atoms with Crippen LogP contribution in [0.5, 0.6) is 17.2 Å². The molecule has 2 aliphatic rings. The highest BCUT2D eigenvalue weighted by Crippen LogP contribution is 2.34. The van der Waals surface area contributed by atoms with Gasteiger partial charge in [-0.05, 0) is 38.3 Å². The topological polar surface area (TPSA) is 117 Å². The van der Waals surface area contributed by atoms with Gasteiger partial charge in [-0.2, -0.15) is 0 Å². The highest BCUT2D eigenvalue weighted by Gasteiger charge is 2.30. The van der Waals surface area contributed by atoms with Crippen molar-refractivity contribution in [3.8, 4) is 17.2 Å². The third-order valence-electron chi connectivity index (χ3n) is 5.48. The molecule has 0 aliphatic carbocycles. The zero-order chi connectivity index (χ0) is 21.8. The molecule has 1 saturated heterocycles. The van der Waals surface area contributed by atoms with E-state index >= 15 is 0 Å². The van der Waals surface area contributed by atoms with E-state index < -0.39 is 5.91 Å². The zero-order valence-corrected chi connectivity index (χ0v) is 17.5. The van der Waals surface area contributed by atoms with Crippen LogP contribution in [0.2, 0.25) is 0 Å². The molecule has 4 rings (SSSR count). The first-order valence-corrected chi connectivity index (χ1v) is 10.5. The SMILES string of the molecule is Cc1nc([C@H]2CCCCN2C(=O)CCOc2ccc3c(c2)OCCO3)ncc1C(N)=O. The van der Waals surface area contributed by atoms with Crippen LogP contribution in [-0.2, 0) is 4.79 Å². The minimum Gasteiger partial charge on any atom is -0.493 e. The largest absolute Gasteiger partial charge is 0.493 e. The van der Waals surface area contributed by atoms with Crippen molar-refractivity contribution in [3.05, 3.63) is 41.5 Å². The minimum atomic E-state index is -0.558. The molecular weight excluding hydrogens is 400 g/mol.